The van der Waals surface area contributed by atoms with Gasteiger partial charge in [0.1, 0.15) is 10.5 Å². The van der Waals surface area contributed by atoms with E-state index in [0.29, 0.717) is 0 Å². The van der Waals surface area contributed by atoms with Crippen molar-refractivity contribution in [2.24, 2.45) is 0 Å². The summed E-state index contributed by atoms with van der Waals surface area (Å²) in [6.07, 6.45) is 2.93. The summed E-state index contributed by atoms with van der Waals surface area (Å²) in [4.78, 5) is -0.591. The molecule has 0 aromatic heterocycles. The van der Waals surface area contributed by atoms with Crippen LogP contribution in [-0.2, 0) is 0 Å². The summed E-state index contributed by atoms with van der Waals surface area (Å²) in [5, 5.41) is 3.75. The zero-order chi connectivity index (χ0) is 18.6. The molecular weight excluding hydrogens is 362 g/mol. The molecule has 1 aliphatic heterocycles. The Morgan fingerprint density at radius 2 is 1.50 bits per heavy atom. The molecule has 0 saturated carbocycles. The summed E-state index contributed by atoms with van der Waals surface area (Å²) in [7, 11) is 0. The van der Waals surface area contributed by atoms with E-state index in [2.05, 4.69) is 90.3 Å². The summed E-state index contributed by atoms with van der Waals surface area (Å²) in [5.41, 5.74) is 4.50. The van der Waals surface area contributed by atoms with Crippen molar-refractivity contribution in [3.8, 4) is 0 Å². The molecule has 26 heavy (non-hydrogen) atoms. The van der Waals surface area contributed by atoms with E-state index in [1.54, 1.807) is 0 Å². The van der Waals surface area contributed by atoms with Crippen molar-refractivity contribution in [2.45, 2.75) is 31.5 Å². The molecule has 5 heteroatoms. The second kappa shape index (κ2) is 8.32. The van der Waals surface area contributed by atoms with E-state index in [1.165, 1.54) is 16.6 Å². The molecule has 2 nitrogen and oxygen atoms in total. The van der Waals surface area contributed by atoms with Crippen LogP contribution >= 0.6 is 23.2 Å². The van der Waals surface area contributed by atoms with Gasteiger partial charge >= 0.3 is 6.42 Å². The Bertz CT molecular complexity index is 762. The van der Waals surface area contributed by atoms with Crippen molar-refractivity contribution < 1.29 is 4.49 Å². The van der Waals surface area contributed by atoms with Crippen LogP contribution in [0.15, 0.2) is 72.4 Å². The van der Waals surface area contributed by atoms with Gasteiger partial charge in [-0.25, -0.2) is 0 Å². The molecule has 2 aromatic carbocycles. The van der Waals surface area contributed by atoms with Gasteiger partial charge in [-0.1, -0.05) is 97.2 Å². The Labute approximate surface area is 166 Å². The van der Waals surface area contributed by atoms with Gasteiger partial charge in [0.25, 0.3) is 0 Å². The molecule has 2 aromatic rings. The SMILES string of the molecule is CCCC[N+]1=C(C)C=C(C(Cl)Cl)N[B-]1(c1ccccc1)c1ccccc1. The summed E-state index contributed by atoms with van der Waals surface area (Å²) in [6.45, 7) is 5.34. The molecule has 0 radical (unpaired) electrons. The number of nitrogens with zero attached hydrogens (tertiary/aromatic N) is 1. The predicted molar refractivity (Wildman–Crippen MR) is 115 cm³/mol. The zero-order valence-electron chi connectivity index (χ0n) is 15.3. The van der Waals surface area contributed by atoms with Crippen molar-refractivity contribution in [3.05, 3.63) is 72.4 Å². The molecule has 1 aliphatic rings. The van der Waals surface area contributed by atoms with E-state index in [0.717, 1.165) is 25.1 Å². The lowest BCUT2D eigenvalue weighted by molar-refractivity contribution is -0.399. The lowest BCUT2D eigenvalue weighted by atomic mass is 9.36. The molecule has 136 valence electrons. The van der Waals surface area contributed by atoms with E-state index in [-0.39, 0.29) is 0 Å². The third-order valence-corrected chi connectivity index (χ3v) is 5.68. The molecule has 0 atom stereocenters. The van der Waals surface area contributed by atoms with E-state index >= 15 is 0 Å². The highest BCUT2D eigenvalue weighted by atomic mass is 35.5. The fourth-order valence-electron chi connectivity index (χ4n) is 3.98. The van der Waals surface area contributed by atoms with Crippen molar-refractivity contribution in [1.82, 2.24) is 5.23 Å². The standard InChI is InChI=1S/C21H25BCl2N2/c1-3-4-15-26-17(2)16-20(21(23)24)25-22(26,18-11-7-5-8-12-18)19-13-9-6-10-14-19/h5-14,16,21,25H,3-4,15H2,1-2H3. The Hall–Kier alpha value is -1.71. The Balaban J connectivity index is 2.28. The number of alkyl halides is 2. The topological polar surface area (TPSA) is 15.0 Å². The van der Waals surface area contributed by atoms with Gasteiger partial charge in [-0.15, -0.1) is 10.9 Å². The van der Waals surface area contributed by atoms with Crippen molar-refractivity contribution in [2.75, 3.05) is 6.54 Å². The predicted octanol–water partition coefficient (Wildman–Crippen LogP) is 3.81. The first-order chi connectivity index (χ1) is 12.6. The smallest absolute Gasteiger partial charge is 0.422 e. The maximum absolute atomic E-state index is 6.29. The van der Waals surface area contributed by atoms with Crippen molar-refractivity contribution >= 4 is 46.3 Å². The highest BCUT2D eigenvalue weighted by molar-refractivity contribution is 6.95. The molecule has 0 amide bonds. The van der Waals surface area contributed by atoms with E-state index in [4.69, 9.17) is 23.2 Å². The maximum Gasteiger partial charge on any atom is 0.422 e. The molecule has 0 aliphatic carbocycles. The number of unbranched alkanes of at least 4 members (excludes halogenated alkanes) is 1. The van der Waals surface area contributed by atoms with E-state index in [1.807, 2.05) is 0 Å². The van der Waals surface area contributed by atoms with Crippen molar-refractivity contribution in [1.29, 1.82) is 0 Å². The summed E-state index contributed by atoms with van der Waals surface area (Å²) >= 11 is 12.6. The van der Waals surface area contributed by atoms with Gasteiger partial charge in [0.15, 0.2) is 0 Å². The quantitative estimate of drug-likeness (QED) is 0.589. The number of rotatable bonds is 6. The van der Waals surface area contributed by atoms with Crippen molar-refractivity contribution in [3.63, 3.8) is 0 Å². The Morgan fingerprint density at radius 3 is 1.96 bits per heavy atom. The lowest BCUT2D eigenvalue weighted by Gasteiger charge is -2.44. The first-order valence-corrected chi connectivity index (χ1v) is 10.1. The molecule has 0 fully saturated rings. The van der Waals surface area contributed by atoms with Crippen LogP contribution in [0.4, 0.5) is 0 Å². The van der Waals surface area contributed by atoms with Gasteiger partial charge in [-0.05, 0) is 0 Å². The zero-order valence-corrected chi connectivity index (χ0v) is 16.8. The highest BCUT2D eigenvalue weighted by Gasteiger charge is 2.45. The van der Waals surface area contributed by atoms with Crippen LogP contribution in [0.2, 0.25) is 0 Å². The van der Waals surface area contributed by atoms with E-state index < -0.39 is 11.3 Å². The van der Waals surface area contributed by atoms with Crippen LogP contribution in [0.5, 0.6) is 0 Å². The Morgan fingerprint density at radius 1 is 0.962 bits per heavy atom. The number of hydrogen-bond donors (Lipinski definition) is 1. The second-order valence-electron chi connectivity index (χ2n) is 6.87. The van der Waals surface area contributed by atoms with Gasteiger partial charge in [-0.3, -0.25) is 0 Å². The monoisotopic (exact) mass is 386 g/mol. The third-order valence-electron chi connectivity index (χ3n) is 5.21. The Kier molecular flexibility index (Phi) is 6.11. The normalized spacial score (nSPS) is 16.4. The van der Waals surface area contributed by atoms with Crippen LogP contribution < -0.4 is 16.2 Å². The number of halogens is 2. The molecule has 0 spiro atoms. The van der Waals surface area contributed by atoms with E-state index in [9.17, 15) is 0 Å². The fraction of sp³-hybridized carbons (Fsp3) is 0.286. The van der Waals surface area contributed by atoms with Crippen LogP contribution in [0.3, 0.4) is 0 Å². The van der Waals surface area contributed by atoms with Gasteiger partial charge in [0.2, 0.25) is 0 Å². The maximum atomic E-state index is 6.29. The minimum atomic E-state index is -1.41. The van der Waals surface area contributed by atoms with Crippen LogP contribution in [0.25, 0.3) is 0 Å². The van der Waals surface area contributed by atoms with Gasteiger partial charge in [0, 0.05) is 25.1 Å². The molecule has 0 bridgehead atoms. The average Bonchev–Trinajstić information content (AvgIpc) is 2.67. The van der Waals surface area contributed by atoms with Crippen LogP contribution in [0, 0.1) is 0 Å². The summed E-state index contributed by atoms with van der Waals surface area (Å²) < 4.78 is 2.49. The number of allylic oxidation sites excluding steroid dienone is 2. The first kappa shape index (κ1) is 19.1. The number of hydrogen-bond acceptors (Lipinski definition) is 1. The van der Waals surface area contributed by atoms with Gasteiger partial charge in [0.05, 0.1) is 6.54 Å². The largest absolute Gasteiger partial charge is 0.491 e. The minimum absolute atomic E-state index is 0.591. The average molecular weight is 387 g/mol. The molecule has 0 saturated heterocycles. The first-order valence-electron chi connectivity index (χ1n) is 9.24. The number of benzene rings is 2. The van der Waals surface area contributed by atoms with Gasteiger partial charge < -0.3 is 9.71 Å². The summed E-state index contributed by atoms with van der Waals surface area (Å²) in [6, 6.07) is 21.2. The van der Waals surface area contributed by atoms with Crippen LogP contribution in [-0.4, -0.2) is 28.0 Å². The molecule has 1 heterocycles. The third kappa shape index (κ3) is 3.56. The fourth-order valence-corrected chi connectivity index (χ4v) is 4.23. The van der Waals surface area contributed by atoms with Gasteiger partial charge in [-0.2, -0.15) is 0 Å². The highest BCUT2D eigenvalue weighted by Crippen LogP contribution is 2.20. The number of nitrogens with one attached hydrogen (secondary N) is 1. The molecule has 1 N–H and O–H groups in total. The lowest BCUT2D eigenvalue weighted by Crippen LogP contribution is -2.77. The summed E-state index contributed by atoms with van der Waals surface area (Å²) in [5.74, 6) is 0. The molecule has 3 rings (SSSR count). The van der Waals surface area contributed by atoms with Crippen LogP contribution in [0.1, 0.15) is 26.7 Å². The molecular formula is C21H25BCl2N2. The molecule has 0 unspecified atom stereocenters. The second-order valence-corrected chi connectivity index (χ2v) is 7.97. The minimum Gasteiger partial charge on any atom is -0.491 e.